The van der Waals surface area contributed by atoms with E-state index in [9.17, 15) is 31.5 Å². The van der Waals surface area contributed by atoms with Gasteiger partial charge in [0.25, 0.3) is 5.91 Å². The maximum atomic E-state index is 14.6. The predicted molar refractivity (Wildman–Crippen MR) is 120 cm³/mol. The zero-order valence-corrected chi connectivity index (χ0v) is 20.3. The fourth-order valence-corrected chi connectivity index (χ4v) is 4.32. The number of hydrogen-bond acceptors (Lipinski definition) is 4. The summed E-state index contributed by atoms with van der Waals surface area (Å²) in [6, 6.07) is 7.59. The van der Waals surface area contributed by atoms with Gasteiger partial charge in [-0.05, 0) is 60.0 Å². The van der Waals surface area contributed by atoms with Crippen LogP contribution in [-0.4, -0.2) is 40.5 Å². The second kappa shape index (κ2) is 9.55. The van der Waals surface area contributed by atoms with Gasteiger partial charge in [-0.2, -0.15) is 22.0 Å². The molecule has 0 aliphatic carbocycles. The van der Waals surface area contributed by atoms with Gasteiger partial charge in [0.15, 0.2) is 0 Å². The Balaban J connectivity index is 1.94. The fourth-order valence-electron chi connectivity index (χ4n) is 3.58. The average Bonchev–Trinajstić information content (AvgIpc) is 3.17. The number of carbonyl (C=O) groups is 2. The van der Waals surface area contributed by atoms with Crippen LogP contribution in [0, 0.1) is 6.92 Å². The number of aryl methyl sites for hydroxylation is 1. The Morgan fingerprint density at radius 2 is 1.69 bits per heavy atom. The van der Waals surface area contributed by atoms with E-state index < -0.39 is 41.9 Å². The lowest BCUT2D eigenvalue weighted by Crippen LogP contribution is -2.42. The first-order valence-corrected chi connectivity index (χ1v) is 11.0. The Morgan fingerprint density at radius 3 is 2.17 bits per heavy atom. The number of oxime groups is 1. The number of nitrogens with zero attached hydrogens (tertiary/aromatic N) is 2. The normalized spacial score (nSPS) is 18.2. The summed E-state index contributed by atoms with van der Waals surface area (Å²) in [6.45, 7) is 0.504. The summed E-state index contributed by atoms with van der Waals surface area (Å²) in [6.07, 6.45) is -5.30. The Morgan fingerprint density at radius 1 is 1.09 bits per heavy atom. The highest BCUT2D eigenvalue weighted by Crippen LogP contribution is 2.51. The first-order valence-electron chi connectivity index (χ1n) is 9.82. The molecule has 35 heavy (non-hydrogen) atoms. The molecule has 13 heteroatoms. The fraction of sp³-hybridized carbons (Fsp3) is 0.318. The second-order valence-electron chi connectivity index (χ2n) is 7.84. The monoisotopic (exact) mass is 556 g/mol. The zero-order chi connectivity index (χ0) is 26.3. The van der Waals surface area contributed by atoms with Crippen molar-refractivity contribution >= 4 is 52.3 Å². The summed E-state index contributed by atoms with van der Waals surface area (Å²) in [4.78, 5) is 29.5. The smallest absolute Gasteiger partial charge is 0.376 e. The van der Waals surface area contributed by atoms with Crippen LogP contribution in [0.3, 0.4) is 0 Å². The molecule has 1 unspecified atom stereocenters. The van der Waals surface area contributed by atoms with Crippen LogP contribution in [0.1, 0.15) is 40.4 Å². The number of amides is 2. The Labute approximate surface area is 211 Å². The molecule has 188 valence electrons. The molecule has 0 saturated carbocycles. The molecule has 0 N–H and O–H groups in total. The SMILES string of the molecule is CC(=O)N(CC(F)(F)F)C(=O)c1ccc(C2=NOC(c3cc(Cl)cc(Cl)c3)(C(F)(F)Cl)C2)cc1C. The number of carbonyl (C=O) groups excluding carboxylic acids is 2. The maximum Gasteiger partial charge on any atom is 0.406 e. The van der Waals surface area contributed by atoms with Gasteiger partial charge in [0, 0.05) is 34.5 Å². The van der Waals surface area contributed by atoms with Crippen molar-refractivity contribution in [3.8, 4) is 0 Å². The van der Waals surface area contributed by atoms with Crippen LogP contribution in [0.25, 0.3) is 0 Å². The van der Waals surface area contributed by atoms with E-state index in [0.717, 1.165) is 6.92 Å². The molecule has 0 bridgehead atoms. The van der Waals surface area contributed by atoms with Crippen LogP contribution in [-0.2, 0) is 15.2 Å². The van der Waals surface area contributed by atoms with E-state index in [4.69, 9.17) is 39.6 Å². The number of rotatable bonds is 5. The molecule has 0 radical (unpaired) electrons. The predicted octanol–water partition coefficient (Wildman–Crippen LogP) is 6.70. The molecule has 0 spiro atoms. The van der Waals surface area contributed by atoms with Crippen molar-refractivity contribution < 1.29 is 36.4 Å². The second-order valence-corrected chi connectivity index (χ2v) is 9.19. The van der Waals surface area contributed by atoms with Crippen molar-refractivity contribution in [3.05, 3.63) is 68.7 Å². The highest BCUT2D eigenvalue weighted by Gasteiger charge is 2.60. The molecule has 0 saturated heterocycles. The largest absolute Gasteiger partial charge is 0.406 e. The van der Waals surface area contributed by atoms with Gasteiger partial charge in [-0.1, -0.05) is 34.4 Å². The summed E-state index contributed by atoms with van der Waals surface area (Å²) < 4.78 is 67.6. The quantitative estimate of drug-likeness (QED) is 0.304. The summed E-state index contributed by atoms with van der Waals surface area (Å²) in [5, 5.41) is -0.0565. The molecule has 1 heterocycles. The summed E-state index contributed by atoms with van der Waals surface area (Å²) in [7, 11) is 0. The standard InChI is InChI=1S/C22H16Cl3F5N2O3/c1-11-5-13(3-4-17(11)19(34)32(12(2)33)10-21(26,27)28)18-9-20(35-31-18,22(25,29)30)14-6-15(23)8-16(24)7-14/h3-8H,9-10H2,1-2H3. The first kappa shape index (κ1) is 27.2. The third kappa shape index (κ3) is 5.70. The molecule has 1 aliphatic rings. The molecule has 2 aromatic rings. The van der Waals surface area contributed by atoms with Crippen molar-refractivity contribution in [2.24, 2.45) is 5.16 Å². The van der Waals surface area contributed by atoms with Gasteiger partial charge in [0.05, 0.1) is 5.71 Å². The minimum Gasteiger partial charge on any atom is -0.376 e. The van der Waals surface area contributed by atoms with Crippen LogP contribution in [0.2, 0.25) is 10.0 Å². The van der Waals surface area contributed by atoms with E-state index in [-0.39, 0.29) is 42.9 Å². The molecule has 0 fully saturated rings. The van der Waals surface area contributed by atoms with E-state index in [2.05, 4.69) is 5.16 Å². The van der Waals surface area contributed by atoms with Crippen LogP contribution in [0.4, 0.5) is 22.0 Å². The average molecular weight is 558 g/mol. The number of alkyl halides is 6. The number of hydrogen-bond donors (Lipinski definition) is 0. The van der Waals surface area contributed by atoms with Gasteiger partial charge in [-0.3, -0.25) is 14.5 Å². The van der Waals surface area contributed by atoms with Gasteiger partial charge in [-0.25, -0.2) is 0 Å². The number of halogens is 8. The molecule has 1 atom stereocenters. The lowest BCUT2D eigenvalue weighted by atomic mass is 9.86. The highest BCUT2D eigenvalue weighted by molar-refractivity contribution is 6.34. The van der Waals surface area contributed by atoms with E-state index in [0.29, 0.717) is 0 Å². The summed E-state index contributed by atoms with van der Waals surface area (Å²) in [5.74, 6) is -2.24. The zero-order valence-electron chi connectivity index (χ0n) is 18.0. The molecular formula is C22H16Cl3F5N2O3. The van der Waals surface area contributed by atoms with Crippen molar-refractivity contribution in [1.82, 2.24) is 4.90 Å². The topological polar surface area (TPSA) is 59.0 Å². The molecule has 2 amide bonds. The molecule has 3 rings (SSSR count). The van der Waals surface area contributed by atoms with E-state index in [1.807, 2.05) is 0 Å². The Bertz CT molecular complexity index is 1190. The van der Waals surface area contributed by atoms with E-state index in [1.165, 1.54) is 43.3 Å². The van der Waals surface area contributed by atoms with Crippen LogP contribution in [0.15, 0.2) is 41.6 Å². The summed E-state index contributed by atoms with van der Waals surface area (Å²) in [5.41, 5.74) is -2.28. The minimum atomic E-state index is -4.79. The van der Waals surface area contributed by atoms with Gasteiger partial charge < -0.3 is 4.84 Å². The number of imide groups is 1. The third-order valence-electron chi connectivity index (χ3n) is 5.27. The van der Waals surface area contributed by atoms with Crippen LogP contribution < -0.4 is 0 Å². The Kier molecular flexibility index (Phi) is 7.41. The lowest BCUT2D eigenvalue weighted by molar-refractivity contribution is -0.155. The summed E-state index contributed by atoms with van der Waals surface area (Å²) >= 11 is 17.3. The van der Waals surface area contributed by atoms with Crippen molar-refractivity contribution in [2.75, 3.05) is 6.54 Å². The van der Waals surface area contributed by atoms with Crippen LogP contribution >= 0.6 is 34.8 Å². The minimum absolute atomic E-state index is 0.0298. The van der Waals surface area contributed by atoms with Crippen molar-refractivity contribution in [2.45, 2.75) is 37.4 Å². The molecular weight excluding hydrogens is 542 g/mol. The van der Waals surface area contributed by atoms with Gasteiger partial charge in [-0.15, -0.1) is 0 Å². The maximum absolute atomic E-state index is 14.6. The van der Waals surface area contributed by atoms with Crippen molar-refractivity contribution in [1.29, 1.82) is 0 Å². The van der Waals surface area contributed by atoms with Crippen LogP contribution in [0.5, 0.6) is 0 Å². The van der Waals surface area contributed by atoms with Gasteiger partial charge in [0.1, 0.15) is 6.54 Å². The molecule has 0 aromatic heterocycles. The molecule has 5 nitrogen and oxygen atoms in total. The van der Waals surface area contributed by atoms with Crippen molar-refractivity contribution in [3.63, 3.8) is 0 Å². The Hall–Kier alpha value is -2.43. The molecule has 1 aliphatic heterocycles. The number of benzene rings is 2. The molecule has 2 aromatic carbocycles. The van der Waals surface area contributed by atoms with Gasteiger partial charge in [0.2, 0.25) is 11.5 Å². The first-order chi connectivity index (χ1) is 16.0. The lowest BCUT2D eigenvalue weighted by Gasteiger charge is -2.31. The highest BCUT2D eigenvalue weighted by atomic mass is 35.5. The van der Waals surface area contributed by atoms with E-state index in [1.54, 1.807) is 0 Å². The van der Waals surface area contributed by atoms with E-state index >= 15 is 0 Å². The third-order valence-corrected chi connectivity index (χ3v) is 6.01. The van der Waals surface area contributed by atoms with Gasteiger partial charge >= 0.3 is 11.6 Å².